The van der Waals surface area contributed by atoms with Crippen molar-refractivity contribution < 1.29 is 19.2 Å². The van der Waals surface area contributed by atoms with Gasteiger partial charge in [0.25, 0.3) is 17.7 Å². The summed E-state index contributed by atoms with van der Waals surface area (Å²) in [6.45, 7) is 9.42. The molecular formula is C33H39N7O4. The molecule has 44 heavy (non-hydrogen) atoms. The Morgan fingerprint density at radius 2 is 1.11 bits per heavy atom. The van der Waals surface area contributed by atoms with Crippen molar-refractivity contribution in [2.45, 2.75) is 0 Å². The van der Waals surface area contributed by atoms with Crippen LogP contribution in [0.3, 0.4) is 0 Å². The summed E-state index contributed by atoms with van der Waals surface area (Å²) in [5.41, 5.74) is 3.80. The Morgan fingerprint density at radius 3 is 1.61 bits per heavy atom. The number of nitrogens with zero attached hydrogens (tertiary/aromatic N) is 4. The van der Waals surface area contributed by atoms with Gasteiger partial charge in [0.1, 0.15) is 0 Å². The van der Waals surface area contributed by atoms with E-state index in [1.165, 1.54) is 0 Å². The second kappa shape index (κ2) is 12.8. The molecule has 3 amide bonds. The van der Waals surface area contributed by atoms with Crippen LogP contribution in [0, 0.1) is 0 Å². The average Bonchev–Trinajstić information content (AvgIpc) is 3.57. The Kier molecular flexibility index (Phi) is 8.72. The third-order valence-electron chi connectivity index (χ3n) is 8.89. The molecule has 0 radical (unpaired) electrons. The monoisotopic (exact) mass is 597 g/mol. The number of Topliss-reactive ketones (excluding diaryl/α,β-unsaturated/α-hetero) is 1. The molecule has 0 atom stereocenters. The van der Waals surface area contributed by atoms with Crippen LogP contribution >= 0.6 is 0 Å². The minimum absolute atomic E-state index is 0.0443. The van der Waals surface area contributed by atoms with Crippen molar-refractivity contribution in [1.82, 2.24) is 35.6 Å². The number of carbonyl (C=O) groups is 4. The molecule has 3 N–H and O–H groups in total. The Hall–Kier alpha value is -4.16. The van der Waals surface area contributed by atoms with E-state index in [0.29, 0.717) is 46.7 Å². The standard InChI is InChI=1S/C33H39N7O4/c1-37-13-17-39(18-14-37)12-11-34-31(42)25-9-7-24(8-10-25)30-28-27(32(43)36-30)29(35-33(28)44)23-5-3-22(4-6-23)26(41)21-40-19-15-38(2)16-20-40/h3-10H,11-21H2,1-2H3,(H,34,42)(H,35,44)(H,36,43). The predicted octanol–water partition coefficient (Wildman–Crippen LogP) is 0.476. The smallest absolute Gasteiger partial charge is 0.258 e. The largest absolute Gasteiger partial charge is 0.351 e. The molecule has 4 aliphatic heterocycles. The maximum Gasteiger partial charge on any atom is 0.258 e. The van der Waals surface area contributed by atoms with Crippen LogP contribution in [0.5, 0.6) is 0 Å². The van der Waals surface area contributed by atoms with Crippen LogP contribution in [0.25, 0.3) is 11.4 Å². The Labute approximate surface area is 257 Å². The van der Waals surface area contributed by atoms with Gasteiger partial charge in [0.2, 0.25) is 0 Å². The number of fused-ring (bicyclic) bond motifs is 1. The highest BCUT2D eigenvalue weighted by Crippen LogP contribution is 2.37. The molecule has 0 saturated carbocycles. The molecule has 4 heterocycles. The van der Waals surface area contributed by atoms with Crippen molar-refractivity contribution in [3.63, 3.8) is 0 Å². The zero-order chi connectivity index (χ0) is 30.8. The Balaban J connectivity index is 1.12. The predicted molar refractivity (Wildman–Crippen MR) is 168 cm³/mol. The van der Waals surface area contributed by atoms with Crippen LogP contribution in [-0.4, -0.2) is 129 Å². The first-order valence-corrected chi connectivity index (χ1v) is 15.2. The molecule has 230 valence electrons. The van der Waals surface area contributed by atoms with Gasteiger partial charge in [0.05, 0.1) is 29.1 Å². The van der Waals surface area contributed by atoms with E-state index >= 15 is 0 Å². The molecule has 4 aliphatic rings. The highest BCUT2D eigenvalue weighted by atomic mass is 16.2. The van der Waals surface area contributed by atoms with Gasteiger partial charge in [-0.1, -0.05) is 36.4 Å². The van der Waals surface area contributed by atoms with Gasteiger partial charge in [0.15, 0.2) is 5.78 Å². The van der Waals surface area contributed by atoms with Crippen LogP contribution in [0.2, 0.25) is 0 Å². The Bertz CT molecular complexity index is 1510. The number of nitrogens with one attached hydrogen (secondary N) is 3. The van der Waals surface area contributed by atoms with Crippen molar-refractivity contribution in [2.24, 2.45) is 0 Å². The molecule has 0 aliphatic carbocycles. The highest BCUT2D eigenvalue weighted by Gasteiger charge is 2.40. The van der Waals surface area contributed by atoms with E-state index in [2.05, 4.69) is 49.6 Å². The molecule has 11 heteroatoms. The second-order valence-electron chi connectivity index (χ2n) is 12.0. The fourth-order valence-electron chi connectivity index (χ4n) is 6.03. The van der Waals surface area contributed by atoms with Crippen LogP contribution in [0.4, 0.5) is 0 Å². The number of carbonyl (C=O) groups excluding carboxylic acids is 4. The lowest BCUT2D eigenvalue weighted by Gasteiger charge is -2.32. The van der Waals surface area contributed by atoms with Crippen LogP contribution in [0.15, 0.2) is 59.7 Å². The van der Waals surface area contributed by atoms with Gasteiger partial charge < -0.3 is 25.8 Å². The fraction of sp³-hybridized carbons (Fsp3) is 0.394. The van der Waals surface area contributed by atoms with Gasteiger partial charge in [-0.05, 0) is 37.4 Å². The lowest BCUT2D eigenvalue weighted by molar-refractivity contribution is -0.117. The van der Waals surface area contributed by atoms with Crippen molar-refractivity contribution in [1.29, 1.82) is 0 Å². The average molecular weight is 598 g/mol. The molecule has 0 aromatic heterocycles. The molecule has 11 nitrogen and oxygen atoms in total. The molecular weight excluding hydrogens is 558 g/mol. The number of rotatable bonds is 9. The zero-order valence-electron chi connectivity index (χ0n) is 25.3. The van der Waals surface area contributed by atoms with E-state index in [-0.39, 0.29) is 34.7 Å². The zero-order valence-corrected chi connectivity index (χ0v) is 25.3. The van der Waals surface area contributed by atoms with E-state index in [1.54, 1.807) is 48.5 Å². The van der Waals surface area contributed by atoms with Crippen LogP contribution < -0.4 is 16.0 Å². The normalized spacial score (nSPS) is 20.1. The number of hydrogen-bond donors (Lipinski definition) is 3. The summed E-state index contributed by atoms with van der Waals surface area (Å²) in [5.74, 6) is -0.859. The van der Waals surface area contributed by atoms with Gasteiger partial charge in [-0.15, -0.1) is 0 Å². The van der Waals surface area contributed by atoms with E-state index in [9.17, 15) is 19.2 Å². The molecule has 0 bridgehead atoms. The number of amides is 3. The van der Waals surface area contributed by atoms with Gasteiger partial charge in [-0.25, -0.2) is 0 Å². The van der Waals surface area contributed by atoms with E-state index < -0.39 is 0 Å². The second-order valence-corrected chi connectivity index (χ2v) is 12.0. The molecule has 2 aromatic rings. The lowest BCUT2D eigenvalue weighted by atomic mass is 10.00. The summed E-state index contributed by atoms with van der Waals surface area (Å²) < 4.78 is 0. The van der Waals surface area contributed by atoms with Crippen molar-refractivity contribution in [3.8, 4) is 0 Å². The van der Waals surface area contributed by atoms with Crippen molar-refractivity contribution in [2.75, 3.05) is 86.1 Å². The van der Waals surface area contributed by atoms with Crippen LogP contribution in [0.1, 0.15) is 31.8 Å². The highest BCUT2D eigenvalue weighted by molar-refractivity contribution is 6.30. The Morgan fingerprint density at radius 1 is 0.659 bits per heavy atom. The maximum atomic E-state index is 13.1. The first-order valence-electron chi connectivity index (χ1n) is 15.2. The van der Waals surface area contributed by atoms with E-state index in [1.807, 2.05) is 0 Å². The molecule has 6 rings (SSSR count). The van der Waals surface area contributed by atoms with Gasteiger partial charge in [-0.2, -0.15) is 0 Å². The molecule has 2 aromatic carbocycles. The minimum atomic E-state index is -0.371. The van der Waals surface area contributed by atoms with E-state index in [4.69, 9.17) is 0 Å². The number of hydrogen-bond acceptors (Lipinski definition) is 8. The maximum absolute atomic E-state index is 13.1. The third-order valence-corrected chi connectivity index (χ3v) is 8.89. The van der Waals surface area contributed by atoms with Gasteiger partial charge in [0, 0.05) is 76.6 Å². The molecule has 0 spiro atoms. The number of piperazine rings is 2. The summed E-state index contributed by atoms with van der Waals surface area (Å²) in [6, 6.07) is 13.9. The lowest BCUT2D eigenvalue weighted by Crippen LogP contribution is -2.46. The van der Waals surface area contributed by atoms with Crippen LogP contribution in [-0.2, 0) is 9.59 Å². The summed E-state index contributed by atoms with van der Waals surface area (Å²) in [4.78, 5) is 60.8. The van der Waals surface area contributed by atoms with E-state index in [0.717, 1.165) is 58.9 Å². The first kappa shape index (κ1) is 29.9. The number of benzene rings is 2. The van der Waals surface area contributed by atoms with Crippen molar-refractivity contribution >= 4 is 34.9 Å². The minimum Gasteiger partial charge on any atom is -0.351 e. The summed E-state index contributed by atoms with van der Waals surface area (Å²) >= 11 is 0. The SMILES string of the molecule is CN1CCN(CCNC(=O)c2ccc(C3=C4C(=O)NC(c5ccc(C(=O)CN6CCN(C)CC6)cc5)=C4C(=O)N3)cc2)CC1. The quantitative estimate of drug-likeness (QED) is 0.358. The number of likely N-dealkylation sites (N-methyl/N-ethyl adjacent to an activating group) is 2. The summed E-state index contributed by atoms with van der Waals surface area (Å²) in [7, 11) is 4.20. The molecule has 2 saturated heterocycles. The van der Waals surface area contributed by atoms with Gasteiger partial charge >= 0.3 is 0 Å². The third kappa shape index (κ3) is 6.36. The topological polar surface area (TPSA) is 117 Å². The number of ketones is 1. The fourth-order valence-corrected chi connectivity index (χ4v) is 6.03. The molecule has 0 unspecified atom stereocenters. The first-order chi connectivity index (χ1) is 21.3. The van der Waals surface area contributed by atoms with Crippen molar-refractivity contribution in [3.05, 3.63) is 81.9 Å². The van der Waals surface area contributed by atoms with Gasteiger partial charge in [-0.3, -0.25) is 29.0 Å². The molecule has 2 fully saturated rings. The summed E-state index contributed by atoms with van der Waals surface area (Å²) in [5, 5.41) is 8.69. The summed E-state index contributed by atoms with van der Waals surface area (Å²) in [6.07, 6.45) is 0.